The largest absolute Gasteiger partial charge is 0.334 e. The molecule has 0 aliphatic heterocycles. The highest BCUT2D eigenvalue weighted by Crippen LogP contribution is 2.30. The number of nitro groups is 1. The summed E-state index contributed by atoms with van der Waals surface area (Å²) in [6.45, 7) is 0. The summed E-state index contributed by atoms with van der Waals surface area (Å²) in [6.07, 6.45) is 1.09. The fourth-order valence-corrected chi connectivity index (χ4v) is 2.17. The lowest BCUT2D eigenvalue weighted by Crippen LogP contribution is -2.01. The molecular formula is C14H9ClN4O2. The summed E-state index contributed by atoms with van der Waals surface area (Å²) in [5.41, 5.74) is 0.485. The predicted octanol–water partition coefficient (Wildman–Crippen LogP) is 3.94. The Morgan fingerprint density at radius 2 is 1.90 bits per heavy atom. The second kappa shape index (κ2) is 5.34. The molecule has 0 radical (unpaired) electrons. The van der Waals surface area contributed by atoms with E-state index in [-0.39, 0.29) is 16.8 Å². The minimum atomic E-state index is -0.552. The molecular weight excluding hydrogens is 292 g/mol. The van der Waals surface area contributed by atoms with Gasteiger partial charge in [0.05, 0.1) is 4.92 Å². The summed E-state index contributed by atoms with van der Waals surface area (Å²) in [5.74, 6) is 0.0661. The van der Waals surface area contributed by atoms with Gasteiger partial charge in [-0.05, 0) is 23.1 Å². The van der Waals surface area contributed by atoms with Crippen LogP contribution in [0.2, 0.25) is 5.28 Å². The predicted molar refractivity (Wildman–Crippen MR) is 80.9 cm³/mol. The van der Waals surface area contributed by atoms with E-state index < -0.39 is 4.92 Å². The summed E-state index contributed by atoms with van der Waals surface area (Å²) in [5, 5.41) is 15.9. The van der Waals surface area contributed by atoms with Crippen molar-refractivity contribution in [1.82, 2.24) is 9.97 Å². The van der Waals surface area contributed by atoms with Gasteiger partial charge in [0.1, 0.15) is 6.20 Å². The molecule has 0 aliphatic rings. The third kappa shape index (κ3) is 2.61. The molecule has 0 saturated carbocycles. The maximum atomic E-state index is 11.0. The van der Waals surface area contributed by atoms with Gasteiger partial charge in [0.15, 0.2) is 0 Å². The third-order valence-corrected chi connectivity index (χ3v) is 3.16. The van der Waals surface area contributed by atoms with Gasteiger partial charge >= 0.3 is 5.69 Å². The van der Waals surface area contributed by atoms with Crippen LogP contribution in [0.1, 0.15) is 0 Å². The number of fused-ring (bicyclic) bond motifs is 1. The van der Waals surface area contributed by atoms with Crippen molar-refractivity contribution in [1.29, 1.82) is 0 Å². The Bertz CT molecular complexity index is 833. The zero-order valence-electron chi connectivity index (χ0n) is 10.7. The smallest absolute Gasteiger partial charge is 0.329 e. The number of hydrogen-bond donors (Lipinski definition) is 1. The Kier molecular flexibility index (Phi) is 3.37. The topological polar surface area (TPSA) is 81.0 Å². The molecule has 104 valence electrons. The van der Waals surface area contributed by atoms with Crippen LogP contribution in [0.25, 0.3) is 10.8 Å². The van der Waals surface area contributed by atoms with Crippen molar-refractivity contribution in [3.8, 4) is 0 Å². The first-order valence-corrected chi connectivity index (χ1v) is 6.44. The van der Waals surface area contributed by atoms with Gasteiger partial charge in [-0.15, -0.1) is 0 Å². The SMILES string of the molecule is O=[N+]([O-])c1cnc(Cl)nc1Nc1cccc2ccccc12. The molecule has 0 fully saturated rings. The average molecular weight is 301 g/mol. The lowest BCUT2D eigenvalue weighted by molar-refractivity contribution is -0.384. The maximum Gasteiger partial charge on any atom is 0.329 e. The van der Waals surface area contributed by atoms with Gasteiger partial charge in [0.2, 0.25) is 11.1 Å². The van der Waals surface area contributed by atoms with Gasteiger partial charge < -0.3 is 5.32 Å². The van der Waals surface area contributed by atoms with Crippen LogP contribution in [0, 0.1) is 10.1 Å². The average Bonchev–Trinajstić information content (AvgIpc) is 2.47. The van der Waals surface area contributed by atoms with Crippen LogP contribution in [0.3, 0.4) is 0 Å². The first-order valence-electron chi connectivity index (χ1n) is 6.07. The van der Waals surface area contributed by atoms with E-state index in [2.05, 4.69) is 15.3 Å². The Hall–Kier alpha value is -2.73. The molecule has 0 unspecified atom stereocenters. The highest BCUT2D eigenvalue weighted by molar-refractivity contribution is 6.28. The van der Waals surface area contributed by atoms with Gasteiger partial charge in [-0.1, -0.05) is 36.4 Å². The van der Waals surface area contributed by atoms with Gasteiger partial charge in [0.25, 0.3) is 0 Å². The van der Waals surface area contributed by atoms with Crippen molar-refractivity contribution in [2.24, 2.45) is 0 Å². The second-order valence-corrected chi connectivity index (χ2v) is 4.62. The van der Waals surface area contributed by atoms with Gasteiger partial charge in [-0.25, -0.2) is 4.98 Å². The fourth-order valence-electron chi connectivity index (χ4n) is 2.04. The van der Waals surface area contributed by atoms with Crippen molar-refractivity contribution in [3.63, 3.8) is 0 Å². The lowest BCUT2D eigenvalue weighted by atomic mass is 10.1. The van der Waals surface area contributed by atoms with Crippen LogP contribution in [0.15, 0.2) is 48.7 Å². The summed E-state index contributed by atoms with van der Waals surface area (Å²) < 4.78 is 0. The summed E-state index contributed by atoms with van der Waals surface area (Å²) in [6, 6.07) is 13.3. The maximum absolute atomic E-state index is 11.0. The molecule has 2 aromatic carbocycles. The van der Waals surface area contributed by atoms with Gasteiger partial charge in [0, 0.05) is 11.1 Å². The van der Waals surface area contributed by atoms with Crippen molar-refractivity contribution >= 4 is 39.6 Å². The number of halogens is 1. The zero-order chi connectivity index (χ0) is 14.8. The minimum Gasteiger partial charge on any atom is -0.334 e. The van der Waals surface area contributed by atoms with Crippen LogP contribution in [-0.2, 0) is 0 Å². The lowest BCUT2D eigenvalue weighted by Gasteiger charge is -2.09. The van der Waals surface area contributed by atoms with Crippen molar-refractivity contribution in [3.05, 3.63) is 64.1 Å². The zero-order valence-corrected chi connectivity index (χ0v) is 11.4. The molecule has 1 aromatic heterocycles. The van der Waals surface area contributed by atoms with Crippen LogP contribution in [0.5, 0.6) is 0 Å². The van der Waals surface area contributed by atoms with E-state index in [0.717, 1.165) is 17.0 Å². The minimum absolute atomic E-state index is 0.0525. The number of anilines is 2. The Morgan fingerprint density at radius 1 is 1.14 bits per heavy atom. The van der Waals surface area contributed by atoms with E-state index in [4.69, 9.17) is 11.6 Å². The molecule has 0 atom stereocenters. The summed E-state index contributed by atoms with van der Waals surface area (Å²) >= 11 is 5.72. The van der Waals surface area contributed by atoms with Gasteiger partial charge in [-0.2, -0.15) is 4.98 Å². The highest BCUT2D eigenvalue weighted by Gasteiger charge is 2.17. The molecule has 0 amide bonds. The number of hydrogen-bond acceptors (Lipinski definition) is 5. The van der Waals surface area contributed by atoms with E-state index >= 15 is 0 Å². The van der Waals surface area contributed by atoms with E-state index in [1.807, 2.05) is 42.5 Å². The number of nitrogens with one attached hydrogen (secondary N) is 1. The molecule has 0 bridgehead atoms. The Morgan fingerprint density at radius 3 is 2.71 bits per heavy atom. The number of benzene rings is 2. The monoisotopic (exact) mass is 300 g/mol. The van der Waals surface area contributed by atoms with Crippen LogP contribution in [-0.4, -0.2) is 14.9 Å². The normalized spacial score (nSPS) is 10.5. The molecule has 6 nitrogen and oxygen atoms in total. The van der Waals surface area contributed by atoms with Gasteiger partial charge in [-0.3, -0.25) is 10.1 Å². The Labute approximate surface area is 124 Å². The number of nitrogens with zero attached hydrogens (tertiary/aromatic N) is 3. The highest BCUT2D eigenvalue weighted by atomic mass is 35.5. The van der Waals surface area contributed by atoms with E-state index in [1.165, 1.54) is 0 Å². The third-order valence-electron chi connectivity index (χ3n) is 2.98. The summed E-state index contributed by atoms with van der Waals surface area (Å²) in [7, 11) is 0. The second-order valence-electron chi connectivity index (χ2n) is 4.28. The molecule has 7 heteroatoms. The first kappa shape index (κ1) is 13.3. The molecule has 0 aliphatic carbocycles. The number of rotatable bonds is 3. The molecule has 1 N–H and O–H groups in total. The van der Waals surface area contributed by atoms with Crippen molar-refractivity contribution in [2.75, 3.05) is 5.32 Å². The molecule has 0 saturated heterocycles. The molecule has 1 heterocycles. The van der Waals surface area contributed by atoms with Crippen molar-refractivity contribution < 1.29 is 4.92 Å². The number of aromatic nitrogens is 2. The quantitative estimate of drug-likeness (QED) is 0.450. The van der Waals surface area contributed by atoms with E-state index in [9.17, 15) is 10.1 Å². The van der Waals surface area contributed by atoms with Crippen LogP contribution < -0.4 is 5.32 Å². The van der Waals surface area contributed by atoms with Crippen LogP contribution in [0.4, 0.5) is 17.2 Å². The standard InChI is InChI=1S/C14H9ClN4O2/c15-14-16-8-12(19(20)21)13(18-14)17-11-7-3-5-9-4-1-2-6-10(9)11/h1-8H,(H,16,17,18). The van der Waals surface area contributed by atoms with E-state index in [1.54, 1.807) is 0 Å². The molecule has 21 heavy (non-hydrogen) atoms. The molecule has 3 rings (SSSR count). The molecule has 0 spiro atoms. The fraction of sp³-hybridized carbons (Fsp3) is 0. The van der Waals surface area contributed by atoms with Crippen LogP contribution >= 0.6 is 11.6 Å². The Balaban J connectivity index is 2.11. The molecule has 3 aromatic rings. The first-order chi connectivity index (χ1) is 10.1. The van der Waals surface area contributed by atoms with E-state index in [0.29, 0.717) is 5.69 Å². The summed E-state index contributed by atoms with van der Waals surface area (Å²) in [4.78, 5) is 18.0. The van der Waals surface area contributed by atoms with Crippen molar-refractivity contribution in [2.45, 2.75) is 0 Å².